The van der Waals surface area contributed by atoms with E-state index < -0.39 is 12.0 Å². The third kappa shape index (κ3) is 4.33. The van der Waals surface area contributed by atoms with E-state index in [0.29, 0.717) is 16.1 Å². The Labute approximate surface area is 133 Å². The molecule has 0 saturated heterocycles. The molecule has 1 N–H and O–H groups in total. The van der Waals surface area contributed by atoms with E-state index in [-0.39, 0.29) is 12.3 Å². The molecule has 4 nitrogen and oxygen atoms in total. The number of hydrogen-bond acceptors (Lipinski definition) is 3. The molecule has 0 aliphatic heterocycles. The van der Waals surface area contributed by atoms with Crippen molar-refractivity contribution in [2.45, 2.75) is 19.4 Å². The average Bonchev–Trinajstić information content (AvgIpc) is 2.47. The first-order valence-corrected chi connectivity index (χ1v) is 7.16. The van der Waals surface area contributed by atoms with Gasteiger partial charge in [0.15, 0.2) is 0 Å². The summed E-state index contributed by atoms with van der Waals surface area (Å²) < 4.78 is 0. The van der Waals surface area contributed by atoms with Gasteiger partial charge in [0, 0.05) is 23.0 Å². The average molecular weight is 317 g/mol. The van der Waals surface area contributed by atoms with Crippen LogP contribution in [0, 0.1) is 6.92 Å². The van der Waals surface area contributed by atoms with Crippen LogP contribution >= 0.6 is 11.6 Å². The molecule has 0 aliphatic carbocycles. The number of aryl methyl sites for hydroxylation is 1. The van der Waals surface area contributed by atoms with E-state index in [0.717, 1.165) is 5.56 Å². The van der Waals surface area contributed by atoms with Crippen molar-refractivity contribution < 1.29 is 14.7 Å². The van der Waals surface area contributed by atoms with Crippen LogP contribution in [0.25, 0.3) is 0 Å². The predicted molar refractivity (Wildman–Crippen MR) is 82.5 cm³/mol. The van der Waals surface area contributed by atoms with Gasteiger partial charge in [0.1, 0.15) is 0 Å². The van der Waals surface area contributed by atoms with Crippen LogP contribution in [0.5, 0.6) is 0 Å². The molecule has 0 bridgehead atoms. The first-order valence-electron chi connectivity index (χ1n) is 6.78. The largest absolute Gasteiger partial charge is 0.550 e. The quantitative estimate of drug-likeness (QED) is 0.920. The molecule has 0 aliphatic rings. The number of hydrogen-bond donors (Lipinski definition) is 1. The Kier molecular flexibility index (Phi) is 5.17. The van der Waals surface area contributed by atoms with Crippen LogP contribution in [0.3, 0.4) is 0 Å². The second-order valence-corrected chi connectivity index (χ2v) is 5.46. The lowest BCUT2D eigenvalue weighted by atomic mass is 10.0. The Morgan fingerprint density at radius 2 is 1.68 bits per heavy atom. The van der Waals surface area contributed by atoms with Crippen molar-refractivity contribution in [3.63, 3.8) is 0 Å². The van der Waals surface area contributed by atoms with Crippen molar-refractivity contribution in [3.05, 3.63) is 70.2 Å². The number of carboxylic acid groups (broad SMARTS) is 1. The normalized spacial score (nSPS) is 11.7. The van der Waals surface area contributed by atoms with Crippen LogP contribution in [0.2, 0.25) is 5.02 Å². The Bertz CT molecular complexity index is 665. The summed E-state index contributed by atoms with van der Waals surface area (Å²) in [5, 5.41) is 14.2. The van der Waals surface area contributed by atoms with Crippen molar-refractivity contribution >= 4 is 23.5 Å². The molecule has 0 saturated carbocycles. The van der Waals surface area contributed by atoms with E-state index in [4.69, 9.17) is 11.6 Å². The first kappa shape index (κ1) is 16.0. The number of carboxylic acids is 1. The molecule has 1 atom stereocenters. The highest BCUT2D eigenvalue weighted by atomic mass is 35.5. The maximum absolute atomic E-state index is 12.2. The van der Waals surface area contributed by atoms with Crippen molar-refractivity contribution in [2.75, 3.05) is 0 Å². The molecule has 5 heteroatoms. The van der Waals surface area contributed by atoms with E-state index in [1.165, 1.54) is 0 Å². The number of benzene rings is 2. The summed E-state index contributed by atoms with van der Waals surface area (Å²) in [6, 6.07) is 13.0. The number of carbonyl (C=O) groups is 2. The van der Waals surface area contributed by atoms with E-state index in [2.05, 4.69) is 5.32 Å². The van der Waals surface area contributed by atoms with Gasteiger partial charge in [-0.3, -0.25) is 4.79 Å². The summed E-state index contributed by atoms with van der Waals surface area (Å²) in [5.41, 5.74) is 2.18. The molecule has 2 aromatic rings. The minimum Gasteiger partial charge on any atom is -0.550 e. The molecule has 114 valence electrons. The van der Waals surface area contributed by atoms with Crippen LogP contribution in [0.15, 0.2) is 48.5 Å². The number of nitrogens with one attached hydrogen (secondary N) is 1. The molecule has 22 heavy (non-hydrogen) atoms. The Hall–Kier alpha value is -2.33. The lowest BCUT2D eigenvalue weighted by Gasteiger charge is -2.20. The predicted octanol–water partition coefficient (Wildman–Crippen LogP) is 2.26. The van der Waals surface area contributed by atoms with Gasteiger partial charge in [0.2, 0.25) is 0 Å². The highest BCUT2D eigenvalue weighted by Crippen LogP contribution is 2.20. The summed E-state index contributed by atoms with van der Waals surface area (Å²) in [7, 11) is 0. The fourth-order valence-corrected chi connectivity index (χ4v) is 2.19. The third-order valence-electron chi connectivity index (χ3n) is 3.26. The van der Waals surface area contributed by atoms with Crippen LogP contribution in [-0.4, -0.2) is 11.9 Å². The van der Waals surface area contributed by atoms with Gasteiger partial charge in [-0.25, -0.2) is 0 Å². The van der Waals surface area contributed by atoms with E-state index in [1.807, 2.05) is 19.1 Å². The van der Waals surface area contributed by atoms with Gasteiger partial charge in [-0.05, 0) is 36.8 Å². The number of carbonyl (C=O) groups excluding carboxylic acids is 2. The van der Waals surface area contributed by atoms with E-state index in [9.17, 15) is 14.7 Å². The Morgan fingerprint density at radius 3 is 2.23 bits per heavy atom. The summed E-state index contributed by atoms with van der Waals surface area (Å²) in [5.74, 6) is -1.56. The lowest BCUT2D eigenvalue weighted by Crippen LogP contribution is -2.34. The zero-order valence-electron chi connectivity index (χ0n) is 12.0. The zero-order chi connectivity index (χ0) is 16.1. The zero-order valence-corrected chi connectivity index (χ0v) is 12.8. The molecule has 0 unspecified atom stereocenters. The highest BCUT2D eigenvalue weighted by Gasteiger charge is 2.16. The molecular formula is C17H15ClNO3-. The Morgan fingerprint density at radius 1 is 1.09 bits per heavy atom. The second kappa shape index (κ2) is 7.09. The molecule has 2 rings (SSSR count). The van der Waals surface area contributed by atoms with Crippen LogP contribution in [0.1, 0.15) is 33.9 Å². The SMILES string of the molecule is Cc1ccc(C(=O)N[C@H](CC(=O)[O-])c2ccc(Cl)cc2)cc1. The minimum absolute atomic E-state index is 0.306. The number of halogens is 1. The van der Waals surface area contributed by atoms with Gasteiger partial charge in [-0.15, -0.1) is 0 Å². The van der Waals surface area contributed by atoms with Crippen LogP contribution in [0.4, 0.5) is 0 Å². The van der Waals surface area contributed by atoms with Gasteiger partial charge < -0.3 is 15.2 Å². The third-order valence-corrected chi connectivity index (χ3v) is 3.51. The minimum atomic E-state index is -1.23. The fraction of sp³-hybridized carbons (Fsp3) is 0.176. The maximum atomic E-state index is 12.2. The molecule has 0 spiro atoms. The van der Waals surface area contributed by atoms with Gasteiger partial charge in [0.05, 0.1) is 6.04 Å². The first-order chi connectivity index (χ1) is 10.5. The number of amides is 1. The molecule has 0 heterocycles. The topological polar surface area (TPSA) is 69.2 Å². The van der Waals surface area contributed by atoms with Crippen molar-refractivity contribution in [2.24, 2.45) is 0 Å². The summed E-state index contributed by atoms with van der Waals surface area (Å²) >= 11 is 5.82. The van der Waals surface area contributed by atoms with E-state index >= 15 is 0 Å². The second-order valence-electron chi connectivity index (χ2n) is 5.02. The van der Waals surface area contributed by atoms with Crippen molar-refractivity contribution in [1.82, 2.24) is 5.32 Å². The molecule has 0 aromatic heterocycles. The molecule has 1 amide bonds. The van der Waals surface area contributed by atoms with Crippen LogP contribution < -0.4 is 10.4 Å². The molecular weight excluding hydrogens is 302 g/mol. The van der Waals surface area contributed by atoms with Gasteiger partial charge in [-0.1, -0.05) is 41.4 Å². The Balaban J connectivity index is 2.19. The molecule has 0 fully saturated rings. The van der Waals surface area contributed by atoms with Crippen LogP contribution in [-0.2, 0) is 4.79 Å². The molecule has 0 radical (unpaired) electrons. The molecule has 2 aromatic carbocycles. The maximum Gasteiger partial charge on any atom is 0.251 e. The number of aliphatic carboxylic acids is 1. The van der Waals surface area contributed by atoms with Crippen molar-refractivity contribution in [3.8, 4) is 0 Å². The highest BCUT2D eigenvalue weighted by molar-refractivity contribution is 6.30. The van der Waals surface area contributed by atoms with Gasteiger partial charge in [-0.2, -0.15) is 0 Å². The standard InChI is InChI=1S/C17H16ClNO3/c1-11-2-4-13(5-3-11)17(22)19-15(10-16(20)21)12-6-8-14(18)9-7-12/h2-9,15H,10H2,1H3,(H,19,22)(H,20,21)/p-1/t15-/m1/s1. The van der Waals surface area contributed by atoms with Gasteiger partial charge in [0.25, 0.3) is 5.91 Å². The monoisotopic (exact) mass is 316 g/mol. The summed E-state index contributed by atoms with van der Waals surface area (Å²) in [6.45, 7) is 1.92. The fourth-order valence-electron chi connectivity index (χ4n) is 2.06. The van der Waals surface area contributed by atoms with Gasteiger partial charge >= 0.3 is 0 Å². The lowest BCUT2D eigenvalue weighted by molar-refractivity contribution is -0.306. The van der Waals surface area contributed by atoms with Crippen molar-refractivity contribution in [1.29, 1.82) is 0 Å². The van der Waals surface area contributed by atoms with E-state index in [1.54, 1.807) is 36.4 Å². The number of rotatable bonds is 5. The smallest absolute Gasteiger partial charge is 0.251 e. The summed E-state index contributed by atoms with van der Waals surface area (Å²) in [4.78, 5) is 23.2. The summed E-state index contributed by atoms with van der Waals surface area (Å²) in [6.07, 6.45) is -0.306.